The van der Waals surface area contributed by atoms with Crippen LogP contribution in [0.25, 0.3) is 0 Å². The molecule has 1 aliphatic heterocycles. The third kappa shape index (κ3) is 3.19. The topological polar surface area (TPSA) is 58.6 Å². The van der Waals surface area contributed by atoms with E-state index in [0.29, 0.717) is 25.4 Å². The number of nitrogens with zero attached hydrogens (tertiary/aromatic N) is 1. The van der Waals surface area contributed by atoms with E-state index >= 15 is 0 Å². The zero-order valence-corrected chi connectivity index (χ0v) is 9.69. The van der Waals surface area contributed by atoms with Crippen LogP contribution in [0.1, 0.15) is 6.42 Å². The highest BCUT2D eigenvalue weighted by Gasteiger charge is 2.21. The molecule has 0 bridgehead atoms. The normalized spacial score (nSPS) is 14.5. The van der Waals surface area contributed by atoms with Gasteiger partial charge in [-0.2, -0.15) is 0 Å². The van der Waals surface area contributed by atoms with Crippen molar-refractivity contribution in [2.75, 3.05) is 25.0 Å². The number of halogens is 1. The molecule has 1 aromatic carbocycles. The molecule has 2 rings (SSSR count). The fraction of sp³-hybridized carbons (Fsp3) is 0.333. The maximum atomic E-state index is 12.9. The predicted octanol–water partition coefficient (Wildman–Crippen LogP) is 1.61. The van der Waals surface area contributed by atoms with E-state index in [1.54, 1.807) is 6.07 Å². The highest BCUT2D eigenvalue weighted by molar-refractivity contribution is 5.91. The van der Waals surface area contributed by atoms with Gasteiger partial charge in [-0.3, -0.25) is 4.79 Å². The third-order valence-electron chi connectivity index (χ3n) is 2.56. The third-order valence-corrected chi connectivity index (χ3v) is 2.56. The molecule has 0 aliphatic carbocycles. The number of benzene rings is 1. The predicted molar refractivity (Wildman–Crippen MR) is 62.6 cm³/mol. The van der Waals surface area contributed by atoms with Crippen LogP contribution in [0.3, 0.4) is 0 Å². The molecule has 0 saturated carbocycles. The number of carbonyl (C=O) groups is 2. The maximum Gasteiger partial charge on any atom is 0.409 e. The SMILES string of the molecule is O=C(CCN1CCOC1=O)Nc1cccc(F)c1. The lowest BCUT2D eigenvalue weighted by Crippen LogP contribution is -2.28. The Labute approximate surface area is 104 Å². The number of rotatable bonds is 4. The van der Waals surface area contributed by atoms with Gasteiger partial charge in [-0.05, 0) is 18.2 Å². The highest BCUT2D eigenvalue weighted by Crippen LogP contribution is 2.10. The minimum Gasteiger partial charge on any atom is -0.448 e. The monoisotopic (exact) mass is 252 g/mol. The molecule has 2 amide bonds. The molecule has 1 saturated heterocycles. The summed E-state index contributed by atoms with van der Waals surface area (Å²) in [6.45, 7) is 1.18. The number of nitrogens with one attached hydrogen (secondary N) is 1. The number of anilines is 1. The van der Waals surface area contributed by atoms with Gasteiger partial charge < -0.3 is 15.0 Å². The van der Waals surface area contributed by atoms with Crippen LogP contribution in [0.15, 0.2) is 24.3 Å². The summed E-state index contributed by atoms with van der Waals surface area (Å²) in [5.41, 5.74) is 0.406. The first kappa shape index (κ1) is 12.3. The van der Waals surface area contributed by atoms with E-state index in [1.165, 1.54) is 23.1 Å². The van der Waals surface area contributed by atoms with Crippen LogP contribution in [0, 0.1) is 5.82 Å². The van der Waals surface area contributed by atoms with Crippen molar-refractivity contribution < 1.29 is 18.7 Å². The zero-order chi connectivity index (χ0) is 13.0. The molecule has 6 heteroatoms. The Morgan fingerprint density at radius 3 is 3.00 bits per heavy atom. The summed E-state index contributed by atoms with van der Waals surface area (Å²) in [4.78, 5) is 24.2. The van der Waals surface area contributed by atoms with Crippen LogP contribution in [0.5, 0.6) is 0 Å². The van der Waals surface area contributed by atoms with E-state index in [0.717, 1.165) is 0 Å². The van der Waals surface area contributed by atoms with Crippen LogP contribution in [0.4, 0.5) is 14.9 Å². The molecule has 1 fully saturated rings. The lowest BCUT2D eigenvalue weighted by Gasteiger charge is -2.12. The lowest BCUT2D eigenvalue weighted by atomic mass is 10.3. The molecule has 0 radical (unpaired) electrons. The second kappa shape index (κ2) is 5.48. The Morgan fingerprint density at radius 1 is 1.50 bits per heavy atom. The van der Waals surface area contributed by atoms with Gasteiger partial charge in [-0.25, -0.2) is 9.18 Å². The Balaban J connectivity index is 1.80. The Hall–Kier alpha value is -2.11. The first-order valence-electron chi connectivity index (χ1n) is 5.62. The fourth-order valence-electron chi connectivity index (χ4n) is 1.66. The largest absolute Gasteiger partial charge is 0.448 e. The number of carbonyl (C=O) groups excluding carboxylic acids is 2. The van der Waals surface area contributed by atoms with Crippen LogP contribution >= 0.6 is 0 Å². The second-order valence-corrected chi connectivity index (χ2v) is 3.91. The number of ether oxygens (including phenoxy) is 1. The molecule has 0 atom stereocenters. The van der Waals surface area contributed by atoms with E-state index in [4.69, 9.17) is 4.74 Å². The summed E-state index contributed by atoms with van der Waals surface area (Å²) in [6.07, 6.45) is -0.237. The average Bonchev–Trinajstić information content (AvgIpc) is 2.72. The zero-order valence-electron chi connectivity index (χ0n) is 9.69. The molecule has 5 nitrogen and oxygen atoms in total. The maximum absolute atomic E-state index is 12.9. The molecule has 0 aromatic heterocycles. The molecular weight excluding hydrogens is 239 g/mol. The van der Waals surface area contributed by atoms with Crippen molar-refractivity contribution in [1.82, 2.24) is 4.90 Å². The van der Waals surface area contributed by atoms with Crippen molar-refractivity contribution in [3.63, 3.8) is 0 Å². The standard InChI is InChI=1S/C12H13FN2O3/c13-9-2-1-3-10(8-9)14-11(16)4-5-15-6-7-18-12(15)17/h1-3,8H,4-7H2,(H,14,16). The quantitative estimate of drug-likeness (QED) is 0.885. The summed E-state index contributed by atoms with van der Waals surface area (Å²) in [5, 5.41) is 2.56. The van der Waals surface area contributed by atoms with Gasteiger partial charge in [0, 0.05) is 18.7 Å². The van der Waals surface area contributed by atoms with E-state index in [-0.39, 0.29) is 12.3 Å². The number of hydrogen-bond donors (Lipinski definition) is 1. The summed E-state index contributed by atoms with van der Waals surface area (Å²) in [6, 6.07) is 5.66. The van der Waals surface area contributed by atoms with Gasteiger partial charge in [-0.15, -0.1) is 0 Å². The van der Waals surface area contributed by atoms with Crippen molar-refractivity contribution in [3.05, 3.63) is 30.1 Å². The molecule has 1 heterocycles. The van der Waals surface area contributed by atoms with Crippen molar-refractivity contribution in [3.8, 4) is 0 Å². The minimum atomic E-state index is -0.407. The minimum absolute atomic E-state index is 0.158. The molecule has 1 aliphatic rings. The number of hydrogen-bond acceptors (Lipinski definition) is 3. The van der Waals surface area contributed by atoms with Gasteiger partial charge in [0.25, 0.3) is 0 Å². The van der Waals surface area contributed by atoms with Crippen molar-refractivity contribution in [2.24, 2.45) is 0 Å². The second-order valence-electron chi connectivity index (χ2n) is 3.91. The van der Waals surface area contributed by atoms with Gasteiger partial charge in [0.1, 0.15) is 12.4 Å². The summed E-state index contributed by atoms with van der Waals surface area (Å²) in [7, 11) is 0. The summed E-state index contributed by atoms with van der Waals surface area (Å²) >= 11 is 0. The summed E-state index contributed by atoms with van der Waals surface area (Å²) in [5.74, 6) is -0.670. The van der Waals surface area contributed by atoms with Crippen LogP contribution < -0.4 is 5.32 Å². The van der Waals surface area contributed by atoms with E-state index in [2.05, 4.69) is 5.32 Å². The molecule has 96 valence electrons. The van der Waals surface area contributed by atoms with Gasteiger partial charge >= 0.3 is 6.09 Å². The summed E-state index contributed by atoms with van der Waals surface area (Å²) < 4.78 is 17.6. The Morgan fingerprint density at radius 2 is 2.33 bits per heavy atom. The number of amides is 2. The van der Waals surface area contributed by atoms with E-state index < -0.39 is 11.9 Å². The van der Waals surface area contributed by atoms with Crippen LogP contribution in [-0.4, -0.2) is 36.6 Å². The molecule has 1 aromatic rings. The van der Waals surface area contributed by atoms with Gasteiger partial charge in [0.2, 0.25) is 5.91 Å². The smallest absolute Gasteiger partial charge is 0.409 e. The van der Waals surface area contributed by atoms with Gasteiger partial charge in [0.15, 0.2) is 0 Å². The molecule has 18 heavy (non-hydrogen) atoms. The highest BCUT2D eigenvalue weighted by atomic mass is 19.1. The first-order valence-corrected chi connectivity index (χ1v) is 5.62. The molecule has 0 spiro atoms. The van der Waals surface area contributed by atoms with Gasteiger partial charge in [-0.1, -0.05) is 6.07 Å². The van der Waals surface area contributed by atoms with Crippen LogP contribution in [-0.2, 0) is 9.53 Å². The average molecular weight is 252 g/mol. The van der Waals surface area contributed by atoms with Crippen LogP contribution in [0.2, 0.25) is 0 Å². The van der Waals surface area contributed by atoms with E-state index in [9.17, 15) is 14.0 Å². The number of cyclic esters (lactones) is 1. The van der Waals surface area contributed by atoms with Crippen molar-refractivity contribution in [1.29, 1.82) is 0 Å². The molecule has 0 unspecified atom stereocenters. The lowest BCUT2D eigenvalue weighted by molar-refractivity contribution is -0.116. The Kier molecular flexibility index (Phi) is 3.76. The molecule has 1 N–H and O–H groups in total. The van der Waals surface area contributed by atoms with Gasteiger partial charge in [0.05, 0.1) is 6.54 Å². The van der Waals surface area contributed by atoms with Crippen molar-refractivity contribution in [2.45, 2.75) is 6.42 Å². The first-order chi connectivity index (χ1) is 8.65. The Bertz CT molecular complexity index is 464. The van der Waals surface area contributed by atoms with E-state index in [1.807, 2.05) is 0 Å². The molecular formula is C12H13FN2O3. The van der Waals surface area contributed by atoms with Crippen molar-refractivity contribution >= 4 is 17.7 Å². The fourth-order valence-corrected chi connectivity index (χ4v) is 1.66.